The third-order valence-electron chi connectivity index (χ3n) is 3.17. The molecule has 0 bridgehead atoms. The average Bonchev–Trinajstić information content (AvgIpc) is 2.47. The van der Waals surface area contributed by atoms with Crippen molar-refractivity contribution in [2.75, 3.05) is 7.11 Å². The average molecular weight is 354 g/mol. The molecular formula is C16H17BrFNO2. The summed E-state index contributed by atoms with van der Waals surface area (Å²) >= 11 is 3.43. The minimum absolute atomic E-state index is 0.124. The second-order valence-electron chi connectivity index (χ2n) is 4.64. The van der Waals surface area contributed by atoms with Crippen molar-refractivity contribution in [1.29, 1.82) is 0 Å². The molecule has 21 heavy (non-hydrogen) atoms. The molecule has 2 aromatic carbocycles. The zero-order valence-electron chi connectivity index (χ0n) is 12.0. The Morgan fingerprint density at radius 2 is 2.00 bits per heavy atom. The van der Waals surface area contributed by atoms with Crippen molar-refractivity contribution in [2.45, 2.75) is 20.1 Å². The third-order valence-corrected chi connectivity index (χ3v) is 3.63. The molecule has 2 aromatic rings. The lowest BCUT2D eigenvalue weighted by molar-refractivity contribution is 0.291. The van der Waals surface area contributed by atoms with Crippen molar-refractivity contribution >= 4 is 15.9 Å². The van der Waals surface area contributed by atoms with Crippen LogP contribution in [0.5, 0.6) is 11.5 Å². The van der Waals surface area contributed by atoms with Gasteiger partial charge in [-0.3, -0.25) is 0 Å². The molecule has 0 heterocycles. The molecule has 5 heteroatoms. The van der Waals surface area contributed by atoms with Gasteiger partial charge in [0, 0.05) is 22.1 Å². The highest BCUT2D eigenvalue weighted by atomic mass is 79.9. The Bertz CT molecular complexity index is 646. The minimum Gasteiger partial charge on any atom is -0.494 e. The van der Waals surface area contributed by atoms with Crippen molar-refractivity contribution in [3.8, 4) is 11.5 Å². The predicted molar refractivity (Wildman–Crippen MR) is 84.1 cm³/mol. The van der Waals surface area contributed by atoms with Gasteiger partial charge in [-0.05, 0) is 30.7 Å². The summed E-state index contributed by atoms with van der Waals surface area (Å²) in [7, 11) is 1.44. The van der Waals surface area contributed by atoms with E-state index in [9.17, 15) is 4.39 Å². The SMILES string of the molecule is COc1cccc(COc2c(C)cc(Br)cc2CN)c1F. The number of hydrogen-bond donors (Lipinski definition) is 1. The van der Waals surface area contributed by atoms with Gasteiger partial charge in [0.2, 0.25) is 0 Å². The summed E-state index contributed by atoms with van der Waals surface area (Å²) < 4.78 is 25.8. The van der Waals surface area contributed by atoms with Crippen molar-refractivity contribution in [2.24, 2.45) is 5.73 Å². The maximum absolute atomic E-state index is 14.1. The summed E-state index contributed by atoms with van der Waals surface area (Å²) in [5, 5.41) is 0. The van der Waals surface area contributed by atoms with Crippen LogP contribution in [-0.2, 0) is 13.2 Å². The molecule has 0 amide bonds. The van der Waals surface area contributed by atoms with Gasteiger partial charge in [0.05, 0.1) is 7.11 Å². The van der Waals surface area contributed by atoms with E-state index >= 15 is 0 Å². The monoisotopic (exact) mass is 353 g/mol. The van der Waals surface area contributed by atoms with Crippen LogP contribution in [0, 0.1) is 12.7 Å². The first-order valence-electron chi connectivity index (χ1n) is 6.50. The van der Waals surface area contributed by atoms with Crippen molar-refractivity contribution in [1.82, 2.24) is 0 Å². The van der Waals surface area contributed by atoms with Crippen LogP contribution in [0.2, 0.25) is 0 Å². The van der Waals surface area contributed by atoms with Gasteiger partial charge in [0.25, 0.3) is 0 Å². The fourth-order valence-corrected chi connectivity index (χ4v) is 2.75. The lowest BCUT2D eigenvalue weighted by Crippen LogP contribution is -2.06. The normalized spacial score (nSPS) is 10.5. The van der Waals surface area contributed by atoms with E-state index in [1.54, 1.807) is 18.2 Å². The highest BCUT2D eigenvalue weighted by Crippen LogP contribution is 2.29. The van der Waals surface area contributed by atoms with Gasteiger partial charge in [-0.2, -0.15) is 0 Å². The van der Waals surface area contributed by atoms with Gasteiger partial charge in [-0.15, -0.1) is 0 Å². The van der Waals surface area contributed by atoms with Gasteiger partial charge in [0.1, 0.15) is 12.4 Å². The van der Waals surface area contributed by atoms with Crippen LogP contribution in [0.4, 0.5) is 4.39 Å². The van der Waals surface area contributed by atoms with E-state index in [1.807, 2.05) is 19.1 Å². The maximum Gasteiger partial charge on any atom is 0.171 e. The molecule has 0 atom stereocenters. The summed E-state index contributed by atoms with van der Waals surface area (Å²) in [6.45, 7) is 2.41. The second kappa shape index (κ2) is 6.91. The van der Waals surface area contributed by atoms with E-state index in [4.69, 9.17) is 15.2 Å². The van der Waals surface area contributed by atoms with Crippen molar-refractivity contribution in [3.05, 3.63) is 57.3 Å². The zero-order chi connectivity index (χ0) is 15.4. The standard InChI is InChI=1S/C16H17BrFNO2/c1-10-6-13(17)7-12(8-19)16(10)21-9-11-4-3-5-14(20-2)15(11)18/h3-7H,8-9,19H2,1-2H3. The van der Waals surface area contributed by atoms with Gasteiger partial charge in [0.15, 0.2) is 11.6 Å². The first-order valence-corrected chi connectivity index (χ1v) is 7.29. The summed E-state index contributed by atoms with van der Waals surface area (Å²) in [6.07, 6.45) is 0. The summed E-state index contributed by atoms with van der Waals surface area (Å²) in [6, 6.07) is 8.84. The first-order chi connectivity index (χ1) is 10.1. The summed E-state index contributed by atoms with van der Waals surface area (Å²) in [5.41, 5.74) is 8.01. The Balaban J connectivity index is 2.25. The molecule has 0 aliphatic carbocycles. The van der Waals surface area contributed by atoms with E-state index in [1.165, 1.54) is 7.11 Å². The number of rotatable bonds is 5. The number of benzene rings is 2. The maximum atomic E-state index is 14.1. The molecule has 0 spiro atoms. The number of nitrogens with two attached hydrogens (primary N) is 1. The van der Waals surface area contributed by atoms with Crippen LogP contribution in [0.1, 0.15) is 16.7 Å². The smallest absolute Gasteiger partial charge is 0.171 e. The van der Waals surface area contributed by atoms with Crippen molar-refractivity contribution in [3.63, 3.8) is 0 Å². The van der Waals surface area contributed by atoms with E-state index in [0.29, 0.717) is 17.9 Å². The number of halogens is 2. The molecule has 0 aromatic heterocycles. The van der Waals surface area contributed by atoms with Crippen LogP contribution in [0.15, 0.2) is 34.8 Å². The highest BCUT2D eigenvalue weighted by Gasteiger charge is 2.12. The molecular weight excluding hydrogens is 337 g/mol. The molecule has 2 N–H and O–H groups in total. The molecule has 0 aliphatic heterocycles. The Morgan fingerprint density at radius 3 is 2.67 bits per heavy atom. The molecule has 3 nitrogen and oxygen atoms in total. The molecule has 0 saturated heterocycles. The van der Waals surface area contributed by atoms with Crippen molar-refractivity contribution < 1.29 is 13.9 Å². The number of hydrogen-bond acceptors (Lipinski definition) is 3. The Hall–Kier alpha value is -1.59. The van der Waals surface area contributed by atoms with Crippen LogP contribution >= 0.6 is 15.9 Å². The topological polar surface area (TPSA) is 44.5 Å². The lowest BCUT2D eigenvalue weighted by atomic mass is 10.1. The molecule has 0 fully saturated rings. The summed E-state index contributed by atoms with van der Waals surface area (Å²) in [4.78, 5) is 0. The van der Waals surface area contributed by atoms with Crippen LogP contribution in [-0.4, -0.2) is 7.11 Å². The second-order valence-corrected chi connectivity index (χ2v) is 5.55. The quantitative estimate of drug-likeness (QED) is 0.885. The number of aryl methyl sites for hydroxylation is 1. The zero-order valence-corrected chi connectivity index (χ0v) is 13.5. The van der Waals surface area contributed by atoms with Crippen LogP contribution < -0.4 is 15.2 Å². The van der Waals surface area contributed by atoms with Crippen LogP contribution in [0.25, 0.3) is 0 Å². The fraction of sp³-hybridized carbons (Fsp3) is 0.250. The molecule has 0 radical (unpaired) electrons. The number of methoxy groups -OCH3 is 1. The minimum atomic E-state index is -0.399. The van der Waals surface area contributed by atoms with Gasteiger partial charge < -0.3 is 15.2 Å². The van der Waals surface area contributed by atoms with E-state index < -0.39 is 5.82 Å². The lowest BCUT2D eigenvalue weighted by Gasteiger charge is -2.15. The fourth-order valence-electron chi connectivity index (χ4n) is 2.13. The third kappa shape index (κ3) is 3.54. The Labute approximate surface area is 132 Å². The molecule has 0 aliphatic rings. The largest absolute Gasteiger partial charge is 0.494 e. The van der Waals surface area contributed by atoms with E-state index in [-0.39, 0.29) is 12.4 Å². The first kappa shape index (κ1) is 15.8. The molecule has 2 rings (SSSR count). The van der Waals surface area contributed by atoms with E-state index in [2.05, 4.69) is 15.9 Å². The van der Waals surface area contributed by atoms with Gasteiger partial charge >= 0.3 is 0 Å². The highest BCUT2D eigenvalue weighted by molar-refractivity contribution is 9.10. The predicted octanol–water partition coefficient (Wildman–Crippen LogP) is 3.94. The molecule has 112 valence electrons. The Morgan fingerprint density at radius 1 is 1.24 bits per heavy atom. The van der Waals surface area contributed by atoms with E-state index in [0.717, 1.165) is 15.6 Å². The molecule has 0 unspecified atom stereocenters. The Kier molecular flexibility index (Phi) is 5.20. The van der Waals surface area contributed by atoms with Gasteiger partial charge in [-0.25, -0.2) is 4.39 Å². The van der Waals surface area contributed by atoms with Gasteiger partial charge in [-0.1, -0.05) is 28.1 Å². The number of ether oxygens (including phenoxy) is 2. The van der Waals surface area contributed by atoms with Crippen LogP contribution in [0.3, 0.4) is 0 Å². The molecule has 0 saturated carbocycles. The summed E-state index contributed by atoms with van der Waals surface area (Å²) in [5.74, 6) is 0.509.